The fourth-order valence-electron chi connectivity index (χ4n) is 0.606. The van der Waals surface area contributed by atoms with Gasteiger partial charge in [0.25, 0.3) is 6.17 Å². The Hall–Kier alpha value is -0.810. The topological polar surface area (TPSA) is 9.23 Å². The van der Waals surface area contributed by atoms with E-state index in [1.54, 1.807) is 0 Å². The lowest BCUT2D eigenvalue weighted by Gasteiger charge is -2.28. The fourth-order valence-corrected chi connectivity index (χ4v) is 0.606. The highest BCUT2D eigenvalue weighted by atomic mass is 19.4. The second kappa shape index (κ2) is 4.70. The summed E-state index contributed by atoms with van der Waals surface area (Å²) in [6.45, 7) is -2.88. The summed E-state index contributed by atoms with van der Waals surface area (Å²) in [6, 6.07) is 0. The summed E-state index contributed by atoms with van der Waals surface area (Å²) in [7, 11) is 0. The number of alkyl halides is 11. The summed E-state index contributed by atoms with van der Waals surface area (Å²) in [5, 5.41) is 0. The summed E-state index contributed by atoms with van der Waals surface area (Å²) >= 11 is 0. The molecule has 0 saturated heterocycles. The molecule has 0 fully saturated rings. The van der Waals surface area contributed by atoms with Crippen molar-refractivity contribution >= 4 is 0 Å². The van der Waals surface area contributed by atoms with Crippen LogP contribution in [0.5, 0.6) is 0 Å². The normalized spacial score (nSPS) is 16.8. The Bertz CT molecular complexity index is 276. The Labute approximate surface area is 91.5 Å². The molecule has 0 heterocycles. The smallest absolute Gasteiger partial charge is 0.308 e. The first-order valence-electron chi connectivity index (χ1n) is 3.78. The second-order valence-corrected chi connectivity index (χ2v) is 2.95. The first-order valence-corrected chi connectivity index (χ1v) is 3.78. The first-order chi connectivity index (χ1) is 7.61. The molecule has 1 atom stereocenters. The van der Waals surface area contributed by atoms with Gasteiger partial charge in [0, 0.05) is 0 Å². The van der Waals surface area contributed by atoms with Crippen molar-refractivity contribution in [2.75, 3.05) is 6.61 Å². The third-order valence-electron chi connectivity index (χ3n) is 1.42. The maximum absolute atomic E-state index is 12.3. The van der Waals surface area contributed by atoms with E-state index in [2.05, 4.69) is 4.74 Å². The van der Waals surface area contributed by atoms with E-state index in [4.69, 9.17) is 0 Å². The second-order valence-electron chi connectivity index (χ2n) is 2.95. The largest absolute Gasteiger partial charge is 0.456 e. The van der Waals surface area contributed by atoms with Crippen LogP contribution in [0.3, 0.4) is 0 Å². The van der Waals surface area contributed by atoms with Crippen LogP contribution in [0.4, 0.5) is 48.3 Å². The van der Waals surface area contributed by atoms with Crippen LogP contribution in [0.1, 0.15) is 0 Å². The minimum Gasteiger partial charge on any atom is -0.308 e. The molecule has 110 valence electrons. The number of rotatable bonds is 4. The Balaban J connectivity index is 4.91. The summed E-state index contributed by atoms with van der Waals surface area (Å²) in [5.74, 6) is -6.55. The van der Waals surface area contributed by atoms with Gasteiger partial charge in [0.2, 0.25) is 0 Å². The molecule has 0 aromatic heterocycles. The Morgan fingerprint density at radius 3 is 1.44 bits per heavy atom. The van der Waals surface area contributed by atoms with Crippen LogP contribution in [0.25, 0.3) is 0 Å². The minimum absolute atomic E-state index is 2.42. The van der Waals surface area contributed by atoms with E-state index in [9.17, 15) is 48.3 Å². The van der Waals surface area contributed by atoms with Gasteiger partial charge in [0.1, 0.15) is 6.61 Å². The van der Waals surface area contributed by atoms with Gasteiger partial charge in [-0.2, -0.15) is 43.9 Å². The highest BCUT2D eigenvalue weighted by Crippen LogP contribution is 2.45. The van der Waals surface area contributed by atoms with Gasteiger partial charge in [-0.15, -0.1) is 0 Å². The summed E-state index contributed by atoms with van der Waals surface area (Å²) in [4.78, 5) is 0. The monoisotopic (exact) mass is 300 g/mol. The van der Waals surface area contributed by atoms with Gasteiger partial charge in [-0.3, -0.25) is 0 Å². The number of ether oxygens (including phenoxy) is 1. The van der Waals surface area contributed by atoms with Gasteiger partial charge < -0.3 is 4.74 Å². The van der Waals surface area contributed by atoms with Gasteiger partial charge in [0.05, 0.1) is 0 Å². The van der Waals surface area contributed by atoms with Gasteiger partial charge in [0.15, 0.2) is 0 Å². The molecule has 0 bridgehead atoms. The molecule has 0 aromatic carbocycles. The van der Waals surface area contributed by atoms with Crippen molar-refractivity contribution in [1.29, 1.82) is 0 Å². The lowest BCUT2D eigenvalue weighted by molar-refractivity contribution is -0.380. The fraction of sp³-hybridized carbons (Fsp3) is 1.00. The summed E-state index contributed by atoms with van der Waals surface area (Å²) in [5.41, 5.74) is 0. The Morgan fingerprint density at radius 2 is 1.17 bits per heavy atom. The summed E-state index contributed by atoms with van der Waals surface area (Å²) < 4.78 is 132. The Morgan fingerprint density at radius 1 is 0.778 bits per heavy atom. The van der Waals surface area contributed by atoms with Gasteiger partial charge in [-0.25, -0.2) is 4.39 Å². The first kappa shape index (κ1) is 17.2. The van der Waals surface area contributed by atoms with Crippen LogP contribution in [0.2, 0.25) is 0 Å². The van der Waals surface area contributed by atoms with E-state index >= 15 is 0 Å². The van der Waals surface area contributed by atoms with Crippen LogP contribution in [-0.4, -0.2) is 37.2 Å². The molecular formula is C6H3F11O. The van der Waals surface area contributed by atoms with Crippen molar-refractivity contribution in [3.05, 3.63) is 0 Å². The van der Waals surface area contributed by atoms with E-state index in [0.29, 0.717) is 0 Å². The van der Waals surface area contributed by atoms with Gasteiger partial charge in [-0.05, 0) is 0 Å². The van der Waals surface area contributed by atoms with Crippen LogP contribution in [-0.2, 0) is 4.74 Å². The molecule has 1 nitrogen and oxygen atoms in total. The quantitative estimate of drug-likeness (QED) is 0.719. The van der Waals surface area contributed by atoms with Crippen molar-refractivity contribution in [3.63, 3.8) is 0 Å². The predicted octanol–water partition coefficient (Wildman–Crippen LogP) is 3.69. The predicted molar refractivity (Wildman–Crippen MR) is 32.9 cm³/mol. The molecule has 0 rings (SSSR count). The van der Waals surface area contributed by atoms with E-state index in [1.807, 2.05) is 0 Å². The molecule has 0 N–H and O–H groups in total. The molecule has 18 heavy (non-hydrogen) atoms. The molecule has 0 saturated carbocycles. The zero-order valence-corrected chi connectivity index (χ0v) is 7.85. The molecule has 12 heteroatoms. The average molecular weight is 300 g/mol. The molecule has 0 aromatic rings. The number of hydrogen-bond acceptors (Lipinski definition) is 1. The third-order valence-corrected chi connectivity index (χ3v) is 1.42. The Kier molecular flexibility index (Phi) is 4.49. The van der Waals surface area contributed by atoms with Crippen LogP contribution in [0, 0.1) is 0 Å². The van der Waals surface area contributed by atoms with Crippen molar-refractivity contribution in [2.24, 2.45) is 0 Å². The molecule has 0 spiro atoms. The number of hydrogen-bond donors (Lipinski definition) is 0. The SMILES string of the molecule is FC(C(F)(F)OCC(F)(F)F)C(F)(F)C(F)(F)F. The molecule has 0 aliphatic heterocycles. The average Bonchev–Trinajstić information content (AvgIpc) is 2.11. The van der Waals surface area contributed by atoms with E-state index in [-0.39, 0.29) is 0 Å². The van der Waals surface area contributed by atoms with Crippen LogP contribution >= 0.6 is 0 Å². The molecule has 0 amide bonds. The molecule has 1 unspecified atom stereocenters. The van der Waals surface area contributed by atoms with Crippen molar-refractivity contribution in [2.45, 2.75) is 30.6 Å². The lowest BCUT2D eigenvalue weighted by atomic mass is 10.2. The highest BCUT2D eigenvalue weighted by Gasteiger charge is 2.71. The molecular weight excluding hydrogens is 297 g/mol. The summed E-state index contributed by atoms with van der Waals surface area (Å²) in [6.07, 6.45) is -23.4. The van der Waals surface area contributed by atoms with Gasteiger partial charge >= 0.3 is 24.4 Å². The van der Waals surface area contributed by atoms with E-state index in [1.165, 1.54) is 0 Å². The van der Waals surface area contributed by atoms with E-state index < -0.39 is 37.2 Å². The highest BCUT2D eigenvalue weighted by molar-refractivity contribution is 4.89. The van der Waals surface area contributed by atoms with Crippen molar-refractivity contribution < 1.29 is 53.0 Å². The zero-order valence-electron chi connectivity index (χ0n) is 7.85. The van der Waals surface area contributed by atoms with Crippen molar-refractivity contribution in [1.82, 2.24) is 0 Å². The zero-order chi connectivity index (χ0) is 15.0. The standard InChI is InChI=1S/C6H3F11O/c7-2(4(11,12)6(15,16)17)5(13,14)18-1-3(8,9)10/h2H,1H2. The van der Waals surface area contributed by atoms with Crippen LogP contribution in [0.15, 0.2) is 0 Å². The molecule has 0 radical (unpaired) electrons. The number of halogens is 11. The maximum atomic E-state index is 12.3. The van der Waals surface area contributed by atoms with Gasteiger partial charge in [-0.1, -0.05) is 0 Å². The molecule has 0 aliphatic rings. The minimum atomic E-state index is -6.70. The molecule has 0 aliphatic carbocycles. The lowest BCUT2D eigenvalue weighted by Crippen LogP contribution is -2.54. The van der Waals surface area contributed by atoms with E-state index in [0.717, 1.165) is 0 Å². The maximum Gasteiger partial charge on any atom is 0.456 e. The van der Waals surface area contributed by atoms with Crippen LogP contribution < -0.4 is 0 Å². The third kappa shape index (κ3) is 4.14. The van der Waals surface area contributed by atoms with Crippen molar-refractivity contribution in [3.8, 4) is 0 Å².